The maximum atomic E-state index is 14.2. The minimum absolute atomic E-state index is 0.0137. The smallest absolute Gasteiger partial charge is 0.417 e. The number of piperidine rings is 2. The molecule has 2 bridgehead atoms. The van der Waals surface area contributed by atoms with Gasteiger partial charge in [-0.25, -0.2) is 4.99 Å². The lowest BCUT2D eigenvalue weighted by atomic mass is 9.76. The number of aryl methyl sites for hydroxylation is 2. The topological polar surface area (TPSA) is 119 Å². The number of likely N-dealkylation sites (tertiary alicyclic amines) is 1. The van der Waals surface area contributed by atoms with Crippen LogP contribution in [0.1, 0.15) is 101 Å². The Morgan fingerprint density at radius 2 is 1.65 bits per heavy atom. The predicted octanol–water partition coefficient (Wildman–Crippen LogP) is 7.97. The number of carbonyl (C=O) groups excluding carboxylic acids is 2. The molecular formula is C42H60N5O4S+. The second kappa shape index (κ2) is 14.6. The molecule has 1 aromatic carbocycles. The molecule has 0 spiro atoms. The first kappa shape index (κ1) is 37.3. The van der Waals surface area contributed by atoms with Crippen LogP contribution in [-0.2, 0) is 19.7 Å². The number of ketones is 1. The van der Waals surface area contributed by atoms with E-state index in [-0.39, 0.29) is 28.5 Å². The van der Waals surface area contributed by atoms with Gasteiger partial charge in [0.25, 0.3) is 0 Å². The summed E-state index contributed by atoms with van der Waals surface area (Å²) in [5.41, 5.74) is 12.2. The third-order valence-electron chi connectivity index (χ3n) is 12.8. The first-order valence-electron chi connectivity index (χ1n) is 19.8. The van der Waals surface area contributed by atoms with Gasteiger partial charge in [-0.05, 0) is 121 Å². The average Bonchev–Trinajstić information content (AvgIpc) is 3.90. The molecule has 52 heavy (non-hydrogen) atoms. The van der Waals surface area contributed by atoms with Crippen molar-refractivity contribution in [2.24, 2.45) is 34.4 Å². The Hall–Kier alpha value is -3.05. The lowest BCUT2D eigenvalue weighted by Gasteiger charge is -2.41. The highest BCUT2D eigenvalue weighted by Gasteiger charge is 2.51. The van der Waals surface area contributed by atoms with Gasteiger partial charge in [0.15, 0.2) is 0 Å². The summed E-state index contributed by atoms with van der Waals surface area (Å²) in [7, 11) is 0. The number of thiophene rings is 1. The minimum Gasteiger partial charge on any atom is -0.417 e. The van der Waals surface area contributed by atoms with Gasteiger partial charge in [-0.15, -0.1) is 11.3 Å². The van der Waals surface area contributed by atoms with E-state index in [4.69, 9.17) is 20.2 Å². The molecule has 4 aliphatic rings. The average molecular weight is 731 g/mol. The molecule has 2 aromatic heterocycles. The minimum atomic E-state index is -0.588. The molecule has 10 heteroatoms. The van der Waals surface area contributed by atoms with Gasteiger partial charge in [0.05, 0.1) is 30.7 Å². The van der Waals surface area contributed by atoms with Crippen molar-refractivity contribution in [2.45, 2.75) is 110 Å². The van der Waals surface area contributed by atoms with Crippen LogP contribution in [0.3, 0.4) is 0 Å². The molecule has 1 saturated carbocycles. The number of Topliss-reactive ketones (excluding diaryl/α,β-unsaturated/α-hetero) is 1. The van der Waals surface area contributed by atoms with Gasteiger partial charge < -0.3 is 25.5 Å². The summed E-state index contributed by atoms with van der Waals surface area (Å²) in [6.45, 7) is 18.7. The molecule has 0 radical (unpaired) electrons. The molecule has 1 aliphatic carbocycles. The number of benzene rings is 1. The number of amides is 1. The lowest BCUT2D eigenvalue weighted by Crippen LogP contribution is -2.64. The number of aromatic nitrogens is 1. The molecule has 3 saturated heterocycles. The molecule has 3 aromatic rings. The number of nitrogens with zero attached hydrogens (tertiary/aromatic N) is 2. The summed E-state index contributed by atoms with van der Waals surface area (Å²) in [5.74, 6) is 2.44. The van der Waals surface area contributed by atoms with E-state index in [0.29, 0.717) is 55.2 Å². The van der Waals surface area contributed by atoms with Gasteiger partial charge in [0.2, 0.25) is 0 Å². The van der Waals surface area contributed by atoms with E-state index in [9.17, 15) is 9.59 Å². The Labute approximate surface area is 313 Å². The molecule has 3 aliphatic heterocycles. The number of nitrogens with two attached hydrogens (primary N) is 1. The molecule has 5 heterocycles. The third-order valence-corrected chi connectivity index (χ3v) is 14.2. The van der Waals surface area contributed by atoms with Crippen LogP contribution < -0.4 is 11.1 Å². The van der Waals surface area contributed by atoms with Crippen LogP contribution in [0, 0.1) is 37.5 Å². The van der Waals surface area contributed by atoms with Crippen LogP contribution in [0.4, 0.5) is 4.79 Å². The quantitative estimate of drug-likeness (QED) is 0.117. The van der Waals surface area contributed by atoms with Gasteiger partial charge in [0, 0.05) is 54.2 Å². The van der Waals surface area contributed by atoms with Gasteiger partial charge in [-0.1, -0.05) is 24.1 Å². The largest absolute Gasteiger partial charge is 0.524 e. The Kier molecular flexibility index (Phi) is 10.5. The van der Waals surface area contributed by atoms with E-state index < -0.39 is 5.41 Å². The molecule has 282 valence electrons. The van der Waals surface area contributed by atoms with Crippen molar-refractivity contribution >= 4 is 39.4 Å². The zero-order valence-electron chi connectivity index (χ0n) is 32.3. The van der Waals surface area contributed by atoms with Crippen molar-refractivity contribution in [3.05, 3.63) is 45.8 Å². The molecule has 7 rings (SSSR count). The number of rotatable bonds is 9. The fourth-order valence-electron chi connectivity index (χ4n) is 9.90. The van der Waals surface area contributed by atoms with E-state index in [2.05, 4.69) is 69.2 Å². The summed E-state index contributed by atoms with van der Waals surface area (Å²) in [6.07, 6.45) is 5.72. The van der Waals surface area contributed by atoms with E-state index in [1.165, 1.54) is 16.7 Å². The van der Waals surface area contributed by atoms with Crippen LogP contribution >= 0.6 is 11.3 Å². The number of aliphatic imine (C=N–C) groups is 1. The molecule has 4 fully saturated rings. The molecule has 4 atom stereocenters. The maximum Gasteiger partial charge on any atom is 0.524 e. The number of aromatic amines is 1. The van der Waals surface area contributed by atoms with E-state index >= 15 is 0 Å². The van der Waals surface area contributed by atoms with Gasteiger partial charge in [0.1, 0.15) is 16.7 Å². The lowest BCUT2D eigenvalue weighted by molar-refractivity contribution is -0.777. The SMILES string of the molecule is Cc1cc(C)cc(-c2[nH]c3sc(C(C)(C)C(=O)C4C5CCC4NC5)cc3c2[C@H](C)CN=C(N)[N+]2(C(=O)OC(C)C)CCC(C3CCOCC3)CC2)c1. The number of guanidine groups is 1. The van der Waals surface area contributed by atoms with Crippen molar-refractivity contribution < 1.29 is 23.5 Å². The van der Waals surface area contributed by atoms with Crippen LogP contribution in [0.15, 0.2) is 29.3 Å². The van der Waals surface area contributed by atoms with Crippen LogP contribution in [0.5, 0.6) is 0 Å². The van der Waals surface area contributed by atoms with E-state index in [1.807, 2.05) is 13.8 Å². The van der Waals surface area contributed by atoms with Crippen LogP contribution in [-0.4, -0.2) is 78.8 Å². The van der Waals surface area contributed by atoms with Crippen molar-refractivity contribution in [3.8, 4) is 11.3 Å². The molecule has 1 amide bonds. The monoisotopic (exact) mass is 730 g/mol. The fourth-order valence-corrected chi connectivity index (χ4v) is 11.1. The normalized spacial score (nSPS) is 27.8. The van der Waals surface area contributed by atoms with Crippen molar-refractivity contribution in [2.75, 3.05) is 39.4 Å². The number of hydrogen-bond acceptors (Lipinski definition) is 7. The highest BCUT2D eigenvalue weighted by atomic mass is 32.1. The van der Waals surface area contributed by atoms with Crippen LogP contribution in [0.25, 0.3) is 21.5 Å². The van der Waals surface area contributed by atoms with Crippen molar-refractivity contribution in [3.63, 3.8) is 0 Å². The Morgan fingerprint density at radius 3 is 2.25 bits per heavy atom. The summed E-state index contributed by atoms with van der Waals surface area (Å²) < 4.78 is 11.5. The highest BCUT2D eigenvalue weighted by Crippen LogP contribution is 2.47. The third kappa shape index (κ3) is 6.89. The van der Waals surface area contributed by atoms with Crippen molar-refractivity contribution in [1.29, 1.82) is 0 Å². The maximum absolute atomic E-state index is 14.2. The number of hydrogen-bond donors (Lipinski definition) is 3. The zero-order valence-corrected chi connectivity index (χ0v) is 33.2. The number of nitrogens with one attached hydrogen (secondary N) is 2. The Balaban J connectivity index is 1.20. The fraction of sp³-hybridized carbons (Fsp3) is 0.643. The Morgan fingerprint density at radius 1 is 0.981 bits per heavy atom. The first-order valence-corrected chi connectivity index (χ1v) is 20.6. The van der Waals surface area contributed by atoms with Gasteiger partial charge in [-0.2, -0.15) is 9.28 Å². The Bertz CT molecular complexity index is 1790. The van der Waals surface area contributed by atoms with Gasteiger partial charge >= 0.3 is 12.1 Å². The number of carbonyl (C=O) groups is 2. The summed E-state index contributed by atoms with van der Waals surface area (Å²) in [4.78, 5) is 39.1. The summed E-state index contributed by atoms with van der Waals surface area (Å²) in [5, 5.41) is 4.74. The molecule has 3 unspecified atom stereocenters. The van der Waals surface area contributed by atoms with E-state index in [1.54, 1.807) is 11.3 Å². The number of H-pyrrole nitrogens is 1. The first-order chi connectivity index (χ1) is 24.8. The van der Waals surface area contributed by atoms with Gasteiger partial charge in [-0.3, -0.25) is 4.79 Å². The number of fused-ring (bicyclic) bond motifs is 3. The number of quaternary nitrogens is 1. The van der Waals surface area contributed by atoms with Crippen LogP contribution in [0.2, 0.25) is 0 Å². The molecule has 4 N–H and O–H groups in total. The molecule has 9 nitrogen and oxygen atoms in total. The summed E-state index contributed by atoms with van der Waals surface area (Å²) >= 11 is 1.71. The highest BCUT2D eigenvalue weighted by molar-refractivity contribution is 7.19. The number of ether oxygens (including phenoxy) is 2. The van der Waals surface area contributed by atoms with Crippen molar-refractivity contribution in [1.82, 2.24) is 10.3 Å². The second-order valence-corrected chi connectivity index (χ2v) is 18.3. The summed E-state index contributed by atoms with van der Waals surface area (Å²) in [6, 6.07) is 9.24. The zero-order chi connectivity index (χ0) is 36.9. The predicted molar refractivity (Wildman–Crippen MR) is 210 cm³/mol. The van der Waals surface area contributed by atoms with E-state index in [0.717, 1.165) is 84.6 Å². The second-order valence-electron chi connectivity index (χ2n) is 17.2. The molecular weight excluding hydrogens is 671 g/mol. The standard InChI is InChI=1S/C42H60N5O4S/c1-24(2)51-41(49)47(14-10-28(11-15-47)29-12-16-50-17-13-29)40(43)45-22-27(5)35-32-21-34(42(6,7)38(48)36-30-8-9-33(36)44-23-30)52-39(32)46-37(35)31-19-25(3)18-26(4)20-31/h18-21,24,27-30,33,36,44,46H,8-17,22-23H2,1-7H3,(H2,43,45)/q+1/t27-,28?,30?,33?,36?,47?/m1/s1.